The third kappa shape index (κ3) is 5.58. The molecule has 2 aromatic rings. The first-order chi connectivity index (χ1) is 11.5. The Kier molecular flexibility index (Phi) is 6.70. The van der Waals surface area contributed by atoms with Crippen molar-refractivity contribution >= 4 is 22.4 Å². The Morgan fingerprint density at radius 2 is 1.67 bits per heavy atom. The standard InChI is InChI=1S/C19H24N2O2S/c1-14(2)18(20)19(22)21-17-10-6-9-16(11-17)13-24(23)12-15-7-4-3-5-8-15/h3-11,14,18H,12-13,20H2,1-2H3,(H,21,22)/t18-,24?/m0/s1. The number of carbonyl (C=O) groups is 1. The van der Waals surface area contributed by atoms with Crippen LogP contribution in [0.5, 0.6) is 0 Å². The zero-order chi connectivity index (χ0) is 17.5. The van der Waals surface area contributed by atoms with Crippen LogP contribution in [0.3, 0.4) is 0 Å². The first kappa shape index (κ1) is 18.4. The number of nitrogens with two attached hydrogens (primary N) is 1. The van der Waals surface area contributed by atoms with Crippen LogP contribution in [0.1, 0.15) is 25.0 Å². The van der Waals surface area contributed by atoms with Crippen LogP contribution in [-0.4, -0.2) is 16.2 Å². The van der Waals surface area contributed by atoms with E-state index in [2.05, 4.69) is 5.32 Å². The number of rotatable bonds is 7. The second kappa shape index (κ2) is 8.76. The SMILES string of the molecule is CC(C)[C@H](N)C(=O)Nc1cccc(CS(=O)Cc2ccccc2)c1. The Balaban J connectivity index is 1.97. The van der Waals surface area contributed by atoms with Gasteiger partial charge in [-0.15, -0.1) is 0 Å². The molecule has 1 amide bonds. The summed E-state index contributed by atoms with van der Waals surface area (Å²) in [6, 6.07) is 16.7. The van der Waals surface area contributed by atoms with Gasteiger partial charge < -0.3 is 11.1 Å². The summed E-state index contributed by atoms with van der Waals surface area (Å²) in [4.78, 5) is 12.0. The van der Waals surface area contributed by atoms with Gasteiger partial charge in [-0.2, -0.15) is 0 Å². The fraction of sp³-hybridized carbons (Fsp3) is 0.316. The Bertz CT molecular complexity index is 702. The maximum absolute atomic E-state index is 12.3. The topological polar surface area (TPSA) is 72.2 Å². The smallest absolute Gasteiger partial charge is 0.241 e. The van der Waals surface area contributed by atoms with Gasteiger partial charge in [0.05, 0.1) is 6.04 Å². The number of benzene rings is 2. The molecule has 0 heterocycles. The molecule has 0 radical (unpaired) electrons. The number of hydrogen-bond acceptors (Lipinski definition) is 3. The number of hydrogen-bond donors (Lipinski definition) is 2. The van der Waals surface area contributed by atoms with Crippen LogP contribution in [0.4, 0.5) is 5.69 Å². The lowest BCUT2D eigenvalue weighted by atomic mass is 10.0. The van der Waals surface area contributed by atoms with Crippen molar-refractivity contribution in [2.75, 3.05) is 5.32 Å². The van der Waals surface area contributed by atoms with Crippen LogP contribution >= 0.6 is 0 Å². The minimum atomic E-state index is -0.996. The second-order valence-corrected chi connectivity index (χ2v) is 7.63. The van der Waals surface area contributed by atoms with E-state index in [1.807, 2.05) is 68.4 Å². The molecule has 2 aromatic carbocycles. The van der Waals surface area contributed by atoms with Crippen molar-refractivity contribution in [3.8, 4) is 0 Å². The van der Waals surface area contributed by atoms with Gasteiger partial charge in [-0.05, 0) is 29.2 Å². The van der Waals surface area contributed by atoms with E-state index >= 15 is 0 Å². The highest BCUT2D eigenvalue weighted by atomic mass is 32.2. The molecule has 0 spiro atoms. The van der Waals surface area contributed by atoms with E-state index in [-0.39, 0.29) is 11.8 Å². The predicted molar refractivity (Wildman–Crippen MR) is 99.9 cm³/mol. The molecule has 128 valence electrons. The third-order valence-electron chi connectivity index (χ3n) is 3.71. The first-order valence-electron chi connectivity index (χ1n) is 8.00. The number of carbonyl (C=O) groups excluding carboxylic acids is 1. The molecule has 0 saturated carbocycles. The summed E-state index contributed by atoms with van der Waals surface area (Å²) in [5.74, 6) is 0.851. The largest absolute Gasteiger partial charge is 0.325 e. The van der Waals surface area contributed by atoms with Gasteiger partial charge in [0, 0.05) is 28.0 Å². The molecule has 0 bridgehead atoms. The molecule has 0 saturated heterocycles. The van der Waals surface area contributed by atoms with E-state index in [9.17, 15) is 9.00 Å². The van der Waals surface area contributed by atoms with Crippen LogP contribution in [0.2, 0.25) is 0 Å². The minimum Gasteiger partial charge on any atom is -0.325 e. The van der Waals surface area contributed by atoms with Gasteiger partial charge in [0.1, 0.15) is 0 Å². The zero-order valence-corrected chi connectivity index (χ0v) is 14.9. The quantitative estimate of drug-likeness (QED) is 0.811. The van der Waals surface area contributed by atoms with Crippen LogP contribution in [0.15, 0.2) is 54.6 Å². The molecule has 3 N–H and O–H groups in total. The molecule has 0 aliphatic heterocycles. The third-order valence-corrected chi connectivity index (χ3v) is 5.02. The van der Waals surface area contributed by atoms with Crippen molar-refractivity contribution in [3.63, 3.8) is 0 Å². The lowest BCUT2D eigenvalue weighted by Gasteiger charge is -2.15. The van der Waals surface area contributed by atoms with Crippen LogP contribution in [0.25, 0.3) is 0 Å². The Morgan fingerprint density at radius 3 is 2.33 bits per heavy atom. The van der Waals surface area contributed by atoms with Gasteiger partial charge in [0.15, 0.2) is 0 Å². The zero-order valence-electron chi connectivity index (χ0n) is 14.1. The van der Waals surface area contributed by atoms with E-state index < -0.39 is 16.8 Å². The Hall–Kier alpha value is -1.98. The van der Waals surface area contributed by atoms with Crippen molar-refractivity contribution in [1.82, 2.24) is 0 Å². The maximum atomic E-state index is 12.3. The van der Waals surface area contributed by atoms with Gasteiger partial charge in [0.2, 0.25) is 5.91 Å². The highest BCUT2D eigenvalue weighted by molar-refractivity contribution is 7.83. The van der Waals surface area contributed by atoms with Crippen LogP contribution in [-0.2, 0) is 27.1 Å². The molecule has 5 heteroatoms. The summed E-state index contributed by atoms with van der Waals surface area (Å²) in [6.45, 7) is 3.82. The van der Waals surface area contributed by atoms with Crippen molar-refractivity contribution in [2.24, 2.45) is 11.7 Å². The number of anilines is 1. The molecule has 2 atom stereocenters. The maximum Gasteiger partial charge on any atom is 0.241 e. The van der Waals surface area contributed by atoms with Crippen molar-refractivity contribution < 1.29 is 9.00 Å². The van der Waals surface area contributed by atoms with E-state index in [4.69, 9.17) is 5.73 Å². The summed E-state index contributed by atoms with van der Waals surface area (Å²) < 4.78 is 12.3. The molecule has 0 aromatic heterocycles. The molecule has 0 aliphatic carbocycles. The van der Waals surface area contributed by atoms with Gasteiger partial charge in [-0.25, -0.2) is 0 Å². The fourth-order valence-corrected chi connectivity index (χ4v) is 3.48. The monoisotopic (exact) mass is 344 g/mol. The van der Waals surface area contributed by atoms with Gasteiger partial charge in [0.25, 0.3) is 0 Å². The average Bonchev–Trinajstić information content (AvgIpc) is 2.55. The van der Waals surface area contributed by atoms with E-state index in [0.717, 1.165) is 11.1 Å². The van der Waals surface area contributed by atoms with Gasteiger partial charge >= 0.3 is 0 Å². The second-order valence-electron chi connectivity index (χ2n) is 6.17. The normalized spacial score (nSPS) is 13.5. The first-order valence-corrected chi connectivity index (χ1v) is 9.49. The predicted octanol–water partition coefficient (Wildman–Crippen LogP) is 3.06. The van der Waals surface area contributed by atoms with Crippen molar-refractivity contribution in [2.45, 2.75) is 31.4 Å². The van der Waals surface area contributed by atoms with E-state index in [1.54, 1.807) is 0 Å². The van der Waals surface area contributed by atoms with Crippen LogP contribution in [0, 0.1) is 5.92 Å². The molecular weight excluding hydrogens is 320 g/mol. The number of amides is 1. The van der Waals surface area contributed by atoms with E-state index in [1.165, 1.54) is 0 Å². The lowest BCUT2D eigenvalue weighted by molar-refractivity contribution is -0.118. The summed E-state index contributed by atoms with van der Waals surface area (Å²) in [7, 11) is -0.996. The molecular formula is C19H24N2O2S. The lowest BCUT2D eigenvalue weighted by Crippen LogP contribution is -2.39. The summed E-state index contributed by atoms with van der Waals surface area (Å²) in [5, 5.41) is 2.82. The molecule has 1 unspecified atom stereocenters. The molecule has 0 aliphatic rings. The molecule has 2 rings (SSSR count). The summed E-state index contributed by atoms with van der Waals surface area (Å²) in [5.41, 5.74) is 8.53. The summed E-state index contributed by atoms with van der Waals surface area (Å²) >= 11 is 0. The summed E-state index contributed by atoms with van der Waals surface area (Å²) in [6.07, 6.45) is 0. The molecule has 24 heavy (non-hydrogen) atoms. The Morgan fingerprint density at radius 1 is 1.04 bits per heavy atom. The molecule has 4 nitrogen and oxygen atoms in total. The van der Waals surface area contributed by atoms with Crippen LogP contribution < -0.4 is 11.1 Å². The van der Waals surface area contributed by atoms with E-state index in [0.29, 0.717) is 17.2 Å². The molecule has 0 fully saturated rings. The van der Waals surface area contributed by atoms with Gasteiger partial charge in [-0.1, -0.05) is 56.3 Å². The number of nitrogens with one attached hydrogen (secondary N) is 1. The minimum absolute atomic E-state index is 0.0755. The van der Waals surface area contributed by atoms with Gasteiger partial charge in [-0.3, -0.25) is 9.00 Å². The Labute approximate surface area is 145 Å². The average molecular weight is 344 g/mol. The highest BCUT2D eigenvalue weighted by Gasteiger charge is 2.17. The fourth-order valence-electron chi connectivity index (χ4n) is 2.26. The highest BCUT2D eigenvalue weighted by Crippen LogP contribution is 2.15. The van der Waals surface area contributed by atoms with Crippen molar-refractivity contribution in [3.05, 3.63) is 65.7 Å². The van der Waals surface area contributed by atoms with Crippen molar-refractivity contribution in [1.29, 1.82) is 0 Å².